The van der Waals surface area contributed by atoms with Crippen molar-refractivity contribution in [1.82, 2.24) is 4.90 Å². The topological polar surface area (TPSA) is 35.9 Å². The van der Waals surface area contributed by atoms with Crippen LogP contribution < -0.4 is 4.90 Å². The van der Waals surface area contributed by atoms with Gasteiger partial charge in [-0.3, -0.25) is 4.90 Å². The van der Waals surface area contributed by atoms with Crippen LogP contribution in [0.25, 0.3) is 0 Å². The first kappa shape index (κ1) is 20.0. The molecule has 0 aliphatic carbocycles. The molecule has 7 heteroatoms. The van der Waals surface area contributed by atoms with Crippen molar-refractivity contribution >= 4 is 5.69 Å². The maximum absolute atomic E-state index is 12.6. The van der Waals surface area contributed by atoms with E-state index in [2.05, 4.69) is 23.6 Å². The van der Waals surface area contributed by atoms with Crippen molar-refractivity contribution in [3.8, 4) is 0 Å². The molecule has 1 unspecified atom stereocenters. The second-order valence-electron chi connectivity index (χ2n) is 6.92. The largest absolute Gasteiger partial charge is 0.416 e. The molecule has 0 amide bonds. The van der Waals surface area contributed by atoms with E-state index in [-0.39, 0.29) is 0 Å². The van der Waals surface area contributed by atoms with Gasteiger partial charge in [0, 0.05) is 45.0 Å². The number of piperazine rings is 1. The Labute approximate surface area is 147 Å². The van der Waals surface area contributed by atoms with Crippen LogP contribution in [0, 0.1) is 5.92 Å². The van der Waals surface area contributed by atoms with Crippen LogP contribution in [0.5, 0.6) is 0 Å². The predicted molar refractivity (Wildman–Crippen MR) is 91.8 cm³/mol. The van der Waals surface area contributed by atoms with Crippen LogP contribution in [0.1, 0.15) is 19.4 Å². The molecule has 0 spiro atoms. The lowest BCUT2D eigenvalue weighted by atomic mass is 10.1. The molecule has 1 atom stereocenters. The fourth-order valence-corrected chi connectivity index (χ4v) is 2.84. The van der Waals surface area contributed by atoms with Crippen LogP contribution in [0.15, 0.2) is 24.3 Å². The second kappa shape index (κ2) is 8.87. The molecule has 0 bridgehead atoms. The van der Waals surface area contributed by atoms with Gasteiger partial charge >= 0.3 is 6.18 Å². The lowest BCUT2D eigenvalue weighted by Crippen LogP contribution is -2.49. The van der Waals surface area contributed by atoms with E-state index < -0.39 is 17.8 Å². The third kappa shape index (κ3) is 6.49. The SMILES string of the molecule is CC(C)COCC(O)CN1CCN(c2ccc(C(F)(F)F)cc2)CC1. The van der Waals surface area contributed by atoms with Gasteiger partial charge in [0.05, 0.1) is 18.3 Å². The lowest BCUT2D eigenvalue weighted by Gasteiger charge is -2.37. The summed E-state index contributed by atoms with van der Waals surface area (Å²) in [4.78, 5) is 4.22. The molecule has 1 N–H and O–H groups in total. The Morgan fingerprint density at radius 3 is 2.16 bits per heavy atom. The Morgan fingerprint density at radius 1 is 1.04 bits per heavy atom. The predicted octanol–water partition coefficient (Wildman–Crippen LogP) is 2.86. The monoisotopic (exact) mass is 360 g/mol. The van der Waals surface area contributed by atoms with Crippen molar-refractivity contribution in [2.45, 2.75) is 26.1 Å². The van der Waals surface area contributed by atoms with E-state index in [4.69, 9.17) is 4.74 Å². The van der Waals surface area contributed by atoms with Gasteiger partial charge in [0.25, 0.3) is 0 Å². The number of benzene rings is 1. The standard InChI is InChI=1S/C18H27F3N2O2/c1-14(2)12-25-13-17(24)11-22-7-9-23(10-8-22)16-5-3-15(4-6-16)18(19,20)21/h3-6,14,17,24H,7-13H2,1-2H3. The van der Waals surface area contributed by atoms with E-state index in [0.717, 1.165) is 44.0 Å². The summed E-state index contributed by atoms with van der Waals surface area (Å²) in [6.45, 7) is 8.63. The summed E-state index contributed by atoms with van der Waals surface area (Å²) in [5, 5.41) is 10.0. The van der Waals surface area contributed by atoms with E-state index in [1.165, 1.54) is 12.1 Å². The van der Waals surface area contributed by atoms with E-state index in [0.29, 0.717) is 25.7 Å². The molecule has 25 heavy (non-hydrogen) atoms. The minimum absolute atomic E-state index is 0.331. The number of alkyl halides is 3. The van der Waals surface area contributed by atoms with Gasteiger partial charge in [-0.25, -0.2) is 0 Å². The molecular formula is C18H27F3N2O2. The first-order valence-electron chi connectivity index (χ1n) is 8.66. The zero-order chi connectivity index (χ0) is 18.4. The number of anilines is 1. The van der Waals surface area contributed by atoms with Crippen molar-refractivity contribution in [2.75, 3.05) is 50.8 Å². The van der Waals surface area contributed by atoms with Crippen LogP contribution in [0.4, 0.5) is 18.9 Å². The highest BCUT2D eigenvalue weighted by Crippen LogP contribution is 2.30. The summed E-state index contributed by atoms with van der Waals surface area (Å²) < 4.78 is 43.3. The normalized spacial score (nSPS) is 18.0. The van der Waals surface area contributed by atoms with Crippen molar-refractivity contribution in [3.63, 3.8) is 0 Å². The van der Waals surface area contributed by atoms with Gasteiger partial charge in [-0.15, -0.1) is 0 Å². The molecule has 2 rings (SSSR count). The second-order valence-corrected chi connectivity index (χ2v) is 6.92. The Bertz CT molecular complexity index is 512. The van der Waals surface area contributed by atoms with Crippen LogP contribution in [-0.4, -0.2) is 62.0 Å². The molecule has 1 saturated heterocycles. The Balaban J connectivity index is 1.75. The number of hydrogen-bond acceptors (Lipinski definition) is 4. The molecule has 1 aromatic rings. The molecule has 4 nitrogen and oxygen atoms in total. The van der Waals surface area contributed by atoms with Gasteiger partial charge in [-0.1, -0.05) is 13.8 Å². The van der Waals surface area contributed by atoms with E-state index in [9.17, 15) is 18.3 Å². The summed E-state index contributed by atoms with van der Waals surface area (Å²) in [6, 6.07) is 5.29. The van der Waals surface area contributed by atoms with E-state index in [1.54, 1.807) is 0 Å². The molecule has 1 fully saturated rings. The number of ether oxygens (including phenoxy) is 1. The molecule has 1 heterocycles. The smallest absolute Gasteiger partial charge is 0.389 e. The average Bonchev–Trinajstić information content (AvgIpc) is 2.54. The van der Waals surface area contributed by atoms with Crippen molar-refractivity contribution in [3.05, 3.63) is 29.8 Å². The van der Waals surface area contributed by atoms with Crippen LogP contribution in [0.3, 0.4) is 0 Å². The van der Waals surface area contributed by atoms with Crippen molar-refractivity contribution < 1.29 is 23.0 Å². The summed E-state index contributed by atoms with van der Waals surface area (Å²) in [7, 11) is 0. The Hall–Kier alpha value is -1.31. The van der Waals surface area contributed by atoms with Gasteiger partial charge in [-0.2, -0.15) is 13.2 Å². The van der Waals surface area contributed by atoms with Gasteiger partial charge in [0.1, 0.15) is 0 Å². The highest BCUT2D eigenvalue weighted by molar-refractivity contribution is 5.48. The summed E-state index contributed by atoms with van der Waals surface area (Å²) in [5.41, 5.74) is 0.174. The number of aliphatic hydroxyl groups excluding tert-OH is 1. The fourth-order valence-electron chi connectivity index (χ4n) is 2.84. The summed E-state index contributed by atoms with van der Waals surface area (Å²) in [5.74, 6) is 0.444. The third-order valence-corrected chi connectivity index (χ3v) is 4.16. The minimum atomic E-state index is -4.30. The molecule has 142 valence electrons. The van der Waals surface area contributed by atoms with E-state index >= 15 is 0 Å². The molecule has 0 radical (unpaired) electrons. The Morgan fingerprint density at radius 2 is 1.64 bits per heavy atom. The molecule has 0 saturated carbocycles. The number of hydrogen-bond donors (Lipinski definition) is 1. The van der Waals surface area contributed by atoms with Crippen LogP contribution in [0.2, 0.25) is 0 Å². The maximum atomic E-state index is 12.6. The first-order chi connectivity index (χ1) is 11.8. The Kier molecular flexibility index (Phi) is 7.10. The quantitative estimate of drug-likeness (QED) is 0.811. The number of aliphatic hydroxyl groups is 1. The molecule has 1 aromatic carbocycles. The van der Waals surface area contributed by atoms with Gasteiger partial charge < -0.3 is 14.7 Å². The third-order valence-electron chi connectivity index (χ3n) is 4.16. The number of halogens is 3. The minimum Gasteiger partial charge on any atom is -0.389 e. The van der Waals surface area contributed by atoms with Gasteiger partial charge in [-0.05, 0) is 30.2 Å². The van der Waals surface area contributed by atoms with Gasteiger partial charge in [0.2, 0.25) is 0 Å². The summed E-state index contributed by atoms with van der Waals surface area (Å²) >= 11 is 0. The molecule has 1 aliphatic heterocycles. The highest BCUT2D eigenvalue weighted by Gasteiger charge is 2.30. The highest BCUT2D eigenvalue weighted by atomic mass is 19.4. The lowest BCUT2D eigenvalue weighted by molar-refractivity contribution is -0.137. The first-order valence-corrected chi connectivity index (χ1v) is 8.66. The van der Waals surface area contributed by atoms with Crippen LogP contribution >= 0.6 is 0 Å². The number of rotatable bonds is 7. The summed E-state index contributed by atoms with van der Waals surface area (Å²) in [6.07, 6.45) is -4.82. The van der Waals surface area contributed by atoms with Crippen LogP contribution in [-0.2, 0) is 10.9 Å². The van der Waals surface area contributed by atoms with Gasteiger partial charge in [0.15, 0.2) is 0 Å². The molecule has 0 aromatic heterocycles. The molecular weight excluding hydrogens is 333 g/mol. The number of nitrogens with zero attached hydrogens (tertiary/aromatic N) is 2. The number of β-amino-alcohol motifs (C(OH)–C–C–N with tert-alkyl or cyclic N) is 1. The van der Waals surface area contributed by atoms with E-state index in [1.807, 2.05) is 0 Å². The van der Waals surface area contributed by atoms with Crippen molar-refractivity contribution in [2.24, 2.45) is 5.92 Å². The zero-order valence-electron chi connectivity index (χ0n) is 14.8. The average molecular weight is 360 g/mol. The molecule has 1 aliphatic rings. The fraction of sp³-hybridized carbons (Fsp3) is 0.667. The maximum Gasteiger partial charge on any atom is 0.416 e. The zero-order valence-corrected chi connectivity index (χ0v) is 14.8. The van der Waals surface area contributed by atoms with Crippen molar-refractivity contribution in [1.29, 1.82) is 0 Å².